The maximum absolute atomic E-state index is 13.0. The summed E-state index contributed by atoms with van der Waals surface area (Å²) in [5.74, 6) is -0.0352. The summed E-state index contributed by atoms with van der Waals surface area (Å²) in [7, 11) is 0. The highest BCUT2D eigenvalue weighted by molar-refractivity contribution is 5.86. The molecule has 3 N–H and O–H groups in total. The van der Waals surface area contributed by atoms with Gasteiger partial charge in [0.2, 0.25) is 5.91 Å². The van der Waals surface area contributed by atoms with Crippen molar-refractivity contribution in [1.82, 2.24) is 10.2 Å². The summed E-state index contributed by atoms with van der Waals surface area (Å²) >= 11 is 0. The average molecular weight is 474 g/mol. The number of hydrogen-bond donors (Lipinski definition) is 2. The lowest BCUT2D eigenvalue weighted by molar-refractivity contribution is -0.124. The molecule has 6 nitrogen and oxygen atoms in total. The van der Waals surface area contributed by atoms with Crippen molar-refractivity contribution in [2.24, 2.45) is 11.7 Å². The number of ether oxygens (including phenoxy) is 1. The van der Waals surface area contributed by atoms with Crippen molar-refractivity contribution in [1.29, 1.82) is 0 Å². The second-order valence-electron chi connectivity index (χ2n) is 7.07. The molecule has 2 fully saturated rings. The van der Waals surface area contributed by atoms with Gasteiger partial charge >= 0.3 is 0 Å². The highest BCUT2D eigenvalue weighted by Gasteiger charge is 2.26. The van der Waals surface area contributed by atoms with Crippen LogP contribution in [0.25, 0.3) is 0 Å². The number of carbonyl (C=O) groups excluding carboxylic acids is 1. The highest BCUT2D eigenvalue weighted by atomic mass is 35.5. The van der Waals surface area contributed by atoms with Crippen LogP contribution in [0.5, 0.6) is 0 Å². The first-order chi connectivity index (χ1) is 12.6. The Labute approximate surface area is 190 Å². The van der Waals surface area contributed by atoms with E-state index in [1.807, 2.05) is 12.1 Å². The van der Waals surface area contributed by atoms with Gasteiger partial charge in [-0.05, 0) is 43.0 Å². The fourth-order valence-electron chi connectivity index (χ4n) is 3.63. The van der Waals surface area contributed by atoms with E-state index in [2.05, 4.69) is 15.1 Å². The Balaban J connectivity index is 0.00000261. The number of carbonyl (C=O) groups is 1. The van der Waals surface area contributed by atoms with Crippen LogP contribution in [0.2, 0.25) is 0 Å². The van der Waals surface area contributed by atoms with E-state index in [4.69, 9.17) is 10.5 Å². The lowest BCUT2D eigenvalue weighted by atomic mass is 9.92. The molecule has 0 spiro atoms. The van der Waals surface area contributed by atoms with E-state index in [-0.39, 0.29) is 54.9 Å². The SMILES string of the molecule is Cl.Cl.Cl.NC(C(=O)NCCN1CCN(c2ccc(F)cc2)CC1)C1CCOCC1. The van der Waals surface area contributed by atoms with E-state index in [1.54, 1.807) is 0 Å². The molecule has 1 aromatic rings. The van der Waals surface area contributed by atoms with Crippen molar-refractivity contribution in [3.8, 4) is 0 Å². The van der Waals surface area contributed by atoms with Crippen molar-refractivity contribution in [3.05, 3.63) is 30.1 Å². The Hall–Kier alpha value is -0.830. The lowest BCUT2D eigenvalue weighted by Crippen LogP contribution is -2.51. The van der Waals surface area contributed by atoms with Gasteiger partial charge in [0.1, 0.15) is 5.82 Å². The van der Waals surface area contributed by atoms with Gasteiger partial charge in [0.25, 0.3) is 0 Å². The van der Waals surface area contributed by atoms with Gasteiger partial charge in [-0.25, -0.2) is 4.39 Å². The zero-order valence-electron chi connectivity index (χ0n) is 16.4. The predicted octanol–water partition coefficient (Wildman–Crippen LogP) is 2.08. The van der Waals surface area contributed by atoms with Crippen LogP contribution >= 0.6 is 37.2 Å². The minimum Gasteiger partial charge on any atom is -0.381 e. The summed E-state index contributed by atoms with van der Waals surface area (Å²) in [6.07, 6.45) is 1.72. The third-order valence-corrected chi connectivity index (χ3v) is 5.37. The third kappa shape index (κ3) is 8.44. The van der Waals surface area contributed by atoms with Gasteiger partial charge in [0, 0.05) is 58.2 Å². The number of nitrogens with one attached hydrogen (secondary N) is 1. The normalized spacial score (nSPS) is 18.6. The number of benzene rings is 1. The molecule has 0 saturated carbocycles. The van der Waals surface area contributed by atoms with Gasteiger partial charge in [0.05, 0.1) is 6.04 Å². The molecule has 0 bridgehead atoms. The number of nitrogens with zero attached hydrogens (tertiary/aromatic N) is 2. The number of nitrogens with two attached hydrogens (primary N) is 1. The Kier molecular flexibility index (Phi) is 13.8. The minimum atomic E-state index is -0.436. The molecule has 2 aliphatic heterocycles. The molecule has 168 valence electrons. The van der Waals surface area contributed by atoms with Crippen molar-refractivity contribution >= 4 is 48.8 Å². The fourth-order valence-corrected chi connectivity index (χ4v) is 3.63. The van der Waals surface area contributed by atoms with E-state index in [0.29, 0.717) is 19.8 Å². The van der Waals surface area contributed by atoms with E-state index >= 15 is 0 Å². The van der Waals surface area contributed by atoms with E-state index in [0.717, 1.165) is 51.3 Å². The minimum absolute atomic E-state index is 0. The van der Waals surface area contributed by atoms with Gasteiger partial charge in [-0.3, -0.25) is 9.69 Å². The fraction of sp³-hybridized carbons (Fsp3) is 0.632. The molecule has 0 aromatic heterocycles. The quantitative estimate of drug-likeness (QED) is 0.662. The van der Waals surface area contributed by atoms with Crippen molar-refractivity contribution in [2.45, 2.75) is 18.9 Å². The Morgan fingerprint density at radius 2 is 1.69 bits per heavy atom. The summed E-state index contributed by atoms with van der Waals surface area (Å²) in [4.78, 5) is 16.8. The smallest absolute Gasteiger partial charge is 0.237 e. The monoisotopic (exact) mass is 472 g/mol. The summed E-state index contributed by atoms with van der Waals surface area (Å²) in [6.45, 7) is 6.50. The predicted molar refractivity (Wildman–Crippen MR) is 121 cm³/mol. The second-order valence-corrected chi connectivity index (χ2v) is 7.07. The van der Waals surface area contributed by atoms with Gasteiger partial charge in [-0.2, -0.15) is 0 Å². The number of amides is 1. The van der Waals surface area contributed by atoms with E-state index in [1.165, 1.54) is 12.1 Å². The van der Waals surface area contributed by atoms with Crippen LogP contribution in [0.1, 0.15) is 12.8 Å². The molecule has 10 heteroatoms. The van der Waals surface area contributed by atoms with Crippen LogP contribution in [-0.4, -0.2) is 69.3 Å². The Morgan fingerprint density at radius 1 is 1.10 bits per heavy atom. The maximum Gasteiger partial charge on any atom is 0.237 e. The summed E-state index contributed by atoms with van der Waals surface area (Å²) < 4.78 is 18.3. The largest absolute Gasteiger partial charge is 0.381 e. The van der Waals surface area contributed by atoms with Crippen LogP contribution in [0.15, 0.2) is 24.3 Å². The molecular weight excluding hydrogens is 442 g/mol. The zero-order chi connectivity index (χ0) is 18.4. The molecule has 1 unspecified atom stereocenters. The van der Waals surface area contributed by atoms with Gasteiger partial charge in [0.15, 0.2) is 0 Å². The first-order valence-corrected chi connectivity index (χ1v) is 9.47. The standard InChI is InChI=1S/C19H29FN4O2.3ClH/c20-16-1-3-17(4-2-16)24-11-9-23(10-12-24)8-7-22-19(25)18(21)15-5-13-26-14-6-15;;;/h1-4,15,18H,5-14,21H2,(H,22,25);3*1H. The number of hydrogen-bond acceptors (Lipinski definition) is 5. The molecule has 3 rings (SSSR count). The molecule has 2 aliphatic rings. The zero-order valence-corrected chi connectivity index (χ0v) is 18.9. The summed E-state index contributed by atoms with van der Waals surface area (Å²) in [5.41, 5.74) is 7.15. The van der Waals surface area contributed by atoms with Crippen LogP contribution in [0, 0.1) is 11.7 Å². The van der Waals surface area contributed by atoms with Crippen LogP contribution < -0.4 is 16.0 Å². The number of rotatable bonds is 6. The molecule has 0 radical (unpaired) electrons. The maximum atomic E-state index is 13.0. The van der Waals surface area contributed by atoms with Crippen molar-refractivity contribution in [3.63, 3.8) is 0 Å². The molecule has 0 aliphatic carbocycles. The third-order valence-electron chi connectivity index (χ3n) is 5.37. The first-order valence-electron chi connectivity index (χ1n) is 9.47. The Morgan fingerprint density at radius 3 is 2.28 bits per heavy atom. The second kappa shape index (κ2) is 14.2. The van der Waals surface area contributed by atoms with Crippen LogP contribution in [0.3, 0.4) is 0 Å². The van der Waals surface area contributed by atoms with Gasteiger partial charge in [-0.15, -0.1) is 37.2 Å². The lowest BCUT2D eigenvalue weighted by Gasteiger charge is -2.36. The summed E-state index contributed by atoms with van der Waals surface area (Å²) in [5, 5.41) is 2.97. The molecule has 1 atom stereocenters. The number of anilines is 1. The molecule has 1 aromatic carbocycles. The molecule has 1 amide bonds. The molecular formula is C19H32Cl3FN4O2. The highest BCUT2D eigenvalue weighted by Crippen LogP contribution is 2.18. The number of piperazine rings is 1. The van der Waals surface area contributed by atoms with E-state index < -0.39 is 6.04 Å². The van der Waals surface area contributed by atoms with Crippen molar-refractivity contribution < 1.29 is 13.9 Å². The molecule has 2 heterocycles. The first kappa shape index (κ1) is 28.2. The molecule has 29 heavy (non-hydrogen) atoms. The van der Waals surface area contributed by atoms with Crippen LogP contribution in [0.4, 0.5) is 10.1 Å². The van der Waals surface area contributed by atoms with Gasteiger partial charge in [-0.1, -0.05) is 0 Å². The molecule has 2 saturated heterocycles. The van der Waals surface area contributed by atoms with Crippen molar-refractivity contribution in [2.75, 3.05) is 57.4 Å². The summed E-state index contributed by atoms with van der Waals surface area (Å²) in [6, 6.07) is 6.21. The van der Waals surface area contributed by atoms with Crippen LogP contribution in [-0.2, 0) is 9.53 Å². The van der Waals surface area contributed by atoms with Gasteiger partial charge < -0.3 is 20.7 Å². The Bertz CT molecular complexity index is 583. The average Bonchev–Trinajstić information content (AvgIpc) is 2.69. The topological polar surface area (TPSA) is 70.8 Å². The van der Waals surface area contributed by atoms with E-state index in [9.17, 15) is 9.18 Å². The number of halogens is 4.